The highest BCUT2D eigenvalue weighted by Crippen LogP contribution is 2.28. The molecule has 0 atom stereocenters. The fraction of sp³-hybridized carbons (Fsp3) is 0.625. The second-order valence-electron chi connectivity index (χ2n) is 5.21. The number of unbranched alkanes of at least 4 members (excludes halogenated alkanes) is 2. The van der Waals surface area contributed by atoms with Gasteiger partial charge in [-0.3, -0.25) is 4.90 Å². The lowest BCUT2D eigenvalue weighted by Crippen LogP contribution is -2.25. The van der Waals surface area contributed by atoms with Crippen molar-refractivity contribution in [3.05, 3.63) is 27.7 Å². The zero-order valence-electron chi connectivity index (χ0n) is 12.4. The van der Waals surface area contributed by atoms with Crippen LogP contribution in [0.2, 0.25) is 0 Å². The summed E-state index contributed by atoms with van der Waals surface area (Å²) in [7, 11) is 0. The van der Waals surface area contributed by atoms with Gasteiger partial charge in [-0.2, -0.15) is 0 Å². The van der Waals surface area contributed by atoms with Crippen LogP contribution in [-0.2, 0) is 6.54 Å². The maximum atomic E-state index is 10.2. The van der Waals surface area contributed by atoms with Crippen molar-refractivity contribution in [2.24, 2.45) is 0 Å². The number of nitrogens with zero attached hydrogens (tertiary/aromatic N) is 1. The lowest BCUT2D eigenvalue weighted by molar-refractivity contribution is 0.253. The summed E-state index contributed by atoms with van der Waals surface area (Å²) in [4.78, 5) is 2.45. The molecule has 19 heavy (non-hydrogen) atoms. The van der Waals surface area contributed by atoms with Crippen molar-refractivity contribution in [1.82, 2.24) is 4.90 Å². The summed E-state index contributed by atoms with van der Waals surface area (Å²) in [5.74, 6) is 0.446. The van der Waals surface area contributed by atoms with Crippen molar-refractivity contribution < 1.29 is 5.11 Å². The van der Waals surface area contributed by atoms with Crippen molar-refractivity contribution in [3.63, 3.8) is 0 Å². The standard InChI is InChI=1S/C16H26BrNO/c1-4-6-8-18(9-7-5-2)12-14-11-15(17)10-13(3)16(14)19/h10-11,19H,4-9,12H2,1-3H3. The lowest BCUT2D eigenvalue weighted by atomic mass is 10.1. The molecular formula is C16H26BrNO. The molecule has 0 saturated carbocycles. The molecule has 1 rings (SSSR count). The Balaban J connectivity index is 2.76. The summed E-state index contributed by atoms with van der Waals surface area (Å²) in [5, 5.41) is 10.2. The Morgan fingerprint density at radius 3 is 2.21 bits per heavy atom. The van der Waals surface area contributed by atoms with E-state index in [0.717, 1.165) is 35.2 Å². The highest BCUT2D eigenvalue weighted by atomic mass is 79.9. The molecule has 0 heterocycles. The van der Waals surface area contributed by atoms with Gasteiger partial charge in [-0.05, 0) is 50.6 Å². The molecule has 0 aromatic heterocycles. The molecule has 0 aliphatic carbocycles. The van der Waals surface area contributed by atoms with Crippen molar-refractivity contribution in [2.75, 3.05) is 13.1 Å². The number of aryl methyl sites for hydroxylation is 1. The van der Waals surface area contributed by atoms with Crippen LogP contribution in [0.15, 0.2) is 16.6 Å². The minimum absolute atomic E-state index is 0.446. The average Bonchev–Trinajstić information content (AvgIpc) is 2.38. The minimum Gasteiger partial charge on any atom is -0.507 e. The quantitative estimate of drug-likeness (QED) is 0.736. The second kappa shape index (κ2) is 8.60. The van der Waals surface area contributed by atoms with Gasteiger partial charge in [0.1, 0.15) is 5.75 Å². The number of phenolic OH excluding ortho intramolecular Hbond substituents is 1. The van der Waals surface area contributed by atoms with Crippen molar-refractivity contribution in [2.45, 2.75) is 53.0 Å². The molecule has 0 saturated heterocycles. The lowest BCUT2D eigenvalue weighted by Gasteiger charge is -2.23. The van der Waals surface area contributed by atoms with E-state index >= 15 is 0 Å². The average molecular weight is 328 g/mol. The van der Waals surface area contributed by atoms with E-state index in [2.05, 4.69) is 34.7 Å². The van der Waals surface area contributed by atoms with E-state index in [9.17, 15) is 5.11 Å². The monoisotopic (exact) mass is 327 g/mol. The summed E-state index contributed by atoms with van der Waals surface area (Å²) < 4.78 is 1.05. The second-order valence-corrected chi connectivity index (χ2v) is 6.13. The van der Waals surface area contributed by atoms with Crippen LogP contribution in [-0.4, -0.2) is 23.1 Å². The molecule has 0 aliphatic rings. The Hall–Kier alpha value is -0.540. The third kappa shape index (κ3) is 5.53. The molecule has 1 aromatic carbocycles. The number of hydrogen-bond donors (Lipinski definition) is 1. The summed E-state index contributed by atoms with van der Waals surface area (Å²) >= 11 is 3.51. The van der Waals surface area contributed by atoms with Crippen LogP contribution in [0.25, 0.3) is 0 Å². The van der Waals surface area contributed by atoms with Crippen LogP contribution < -0.4 is 0 Å². The van der Waals surface area contributed by atoms with Crippen LogP contribution in [0.4, 0.5) is 0 Å². The molecule has 108 valence electrons. The van der Waals surface area contributed by atoms with Crippen LogP contribution in [0.5, 0.6) is 5.75 Å². The normalized spacial score (nSPS) is 11.2. The van der Waals surface area contributed by atoms with Gasteiger partial charge in [0.2, 0.25) is 0 Å². The van der Waals surface area contributed by atoms with Crippen LogP contribution in [0, 0.1) is 6.92 Å². The van der Waals surface area contributed by atoms with Gasteiger partial charge >= 0.3 is 0 Å². The predicted octanol–water partition coefficient (Wildman–Crippen LogP) is 4.87. The van der Waals surface area contributed by atoms with Gasteiger partial charge in [-0.15, -0.1) is 0 Å². The first-order valence-electron chi connectivity index (χ1n) is 7.28. The smallest absolute Gasteiger partial charge is 0.123 e. The van der Waals surface area contributed by atoms with E-state index < -0.39 is 0 Å². The van der Waals surface area contributed by atoms with Gasteiger partial charge < -0.3 is 5.11 Å². The van der Waals surface area contributed by atoms with Gasteiger partial charge in [0, 0.05) is 16.6 Å². The van der Waals surface area contributed by atoms with E-state index in [1.54, 1.807) is 0 Å². The minimum atomic E-state index is 0.446. The maximum absolute atomic E-state index is 10.2. The van der Waals surface area contributed by atoms with Crippen molar-refractivity contribution in [1.29, 1.82) is 0 Å². The maximum Gasteiger partial charge on any atom is 0.123 e. The predicted molar refractivity (Wildman–Crippen MR) is 85.6 cm³/mol. The molecule has 0 amide bonds. The number of halogens is 1. The van der Waals surface area contributed by atoms with Gasteiger partial charge in [0.15, 0.2) is 0 Å². The molecule has 0 spiro atoms. The summed E-state index contributed by atoms with van der Waals surface area (Å²) in [5.41, 5.74) is 1.97. The first-order valence-corrected chi connectivity index (χ1v) is 8.08. The summed E-state index contributed by atoms with van der Waals surface area (Å²) in [6.07, 6.45) is 4.87. The zero-order valence-corrected chi connectivity index (χ0v) is 14.0. The van der Waals surface area contributed by atoms with E-state index in [-0.39, 0.29) is 0 Å². The molecule has 0 bridgehead atoms. The molecular weight excluding hydrogens is 302 g/mol. The van der Waals surface area contributed by atoms with Gasteiger partial charge in [-0.25, -0.2) is 0 Å². The van der Waals surface area contributed by atoms with Gasteiger partial charge in [0.25, 0.3) is 0 Å². The third-order valence-electron chi connectivity index (χ3n) is 3.39. The van der Waals surface area contributed by atoms with E-state index in [4.69, 9.17) is 0 Å². The Labute approximate surface area is 126 Å². The number of benzene rings is 1. The first kappa shape index (κ1) is 16.5. The molecule has 0 fully saturated rings. The molecule has 0 aliphatic heterocycles. The van der Waals surface area contributed by atoms with Crippen molar-refractivity contribution >= 4 is 15.9 Å². The zero-order chi connectivity index (χ0) is 14.3. The number of hydrogen-bond acceptors (Lipinski definition) is 2. The Kier molecular flexibility index (Phi) is 7.47. The molecule has 1 N–H and O–H groups in total. The number of phenols is 1. The fourth-order valence-electron chi connectivity index (χ4n) is 2.20. The Morgan fingerprint density at radius 1 is 1.11 bits per heavy atom. The van der Waals surface area contributed by atoms with Gasteiger partial charge in [0.05, 0.1) is 0 Å². The molecule has 0 unspecified atom stereocenters. The summed E-state index contributed by atoms with van der Waals surface area (Å²) in [6, 6.07) is 3.99. The Morgan fingerprint density at radius 2 is 1.68 bits per heavy atom. The van der Waals surface area contributed by atoms with Crippen LogP contribution in [0.1, 0.15) is 50.7 Å². The molecule has 3 heteroatoms. The topological polar surface area (TPSA) is 23.5 Å². The summed E-state index contributed by atoms with van der Waals surface area (Å²) in [6.45, 7) is 9.46. The highest BCUT2D eigenvalue weighted by molar-refractivity contribution is 9.10. The van der Waals surface area contributed by atoms with E-state index in [1.807, 2.05) is 19.1 Å². The third-order valence-corrected chi connectivity index (χ3v) is 3.85. The molecule has 0 radical (unpaired) electrons. The Bertz CT molecular complexity index is 385. The van der Waals surface area contributed by atoms with Gasteiger partial charge in [-0.1, -0.05) is 42.6 Å². The number of rotatable bonds is 8. The largest absolute Gasteiger partial charge is 0.507 e. The van der Waals surface area contributed by atoms with Crippen molar-refractivity contribution in [3.8, 4) is 5.75 Å². The van der Waals surface area contributed by atoms with Crippen LogP contribution >= 0.6 is 15.9 Å². The molecule has 1 aromatic rings. The molecule has 2 nitrogen and oxygen atoms in total. The first-order chi connectivity index (χ1) is 9.08. The fourth-order valence-corrected chi connectivity index (χ4v) is 2.82. The highest BCUT2D eigenvalue weighted by Gasteiger charge is 2.11. The van der Waals surface area contributed by atoms with E-state index in [1.165, 1.54) is 25.7 Å². The number of aromatic hydroxyl groups is 1. The van der Waals surface area contributed by atoms with E-state index in [0.29, 0.717) is 5.75 Å². The SMILES string of the molecule is CCCCN(CCCC)Cc1cc(Br)cc(C)c1O. The van der Waals surface area contributed by atoms with Crippen LogP contribution in [0.3, 0.4) is 0 Å².